The number of hydrogen-bond acceptors (Lipinski definition) is 7. The molecule has 0 bridgehead atoms. The zero-order valence-corrected chi connectivity index (χ0v) is 19.3. The Hall–Kier alpha value is -3.39. The van der Waals surface area contributed by atoms with Gasteiger partial charge in [-0.25, -0.2) is 0 Å². The van der Waals surface area contributed by atoms with Gasteiger partial charge in [-0.1, -0.05) is 25.5 Å². The summed E-state index contributed by atoms with van der Waals surface area (Å²) in [6, 6.07) is 8.36. The molecule has 0 fully saturated rings. The van der Waals surface area contributed by atoms with Gasteiger partial charge >= 0.3 is 5.97 Å². The van der Waals surface area contributed by atoms with Crippen LogP contribution in [0.2, 0.25) is 0 Å². The molecule has 2 heterocycles. The minimum atomic E-state index is -1.08. The van der Waals surface area contributed by atoms with Gasteiger partial charge in [-0.3, -0.25) is 14.4 Å². The van der Waals surface area contributed by atoms with E-state index in [1.54, 1.807) is 17.6 Å². The molecule has 3 rings (SSSR count). The normalized spacial score (nSPS) is 12.3. The zero-order valence-electron chi connectivity index (χ0n) is 19.3. The van der Waals surface area contributed by atoms with Crippen LogP contribution >= 0.6 is 0 Å². The molecule has 0 saturated carbocycles. The molecule has 0 saturated heterocycles. The third-order valence-electron chi connectivity index (χ3n) is 5.35. The van der Waals surface area contributed by atoms with Crippen molar-refractivity contribution < 1.29 is 24.2 Å². The van der Waals surface area contributed by atoms with Gasteiger partial charge in [0.1, 0.15) is 12.4 Å². The highest BCUT2D eigenvalue weighted by molar-refractivity contribution is 5.81. The van der Waals surface area contributed by atoms with Crippen LogP contribution in [0.3, 0.4) is 0 Å². The van der Waals surface area contributed by atoms with Gasteiger partial charge in [-0.15, -0.1) is 0 Å². The minimum absolute atomic E-state index is 0.0826. The molecule has 0 aliphatic rings. The second kappa shape index (κ2) is 10.0. The number of aliphatic hydroxyl groups excluding tert-OH is 1. The molecule has 3 aromatic rings. The second-order valence-corrected chi connectivity index (χ2v) is 8.48. The quantitative estimate of drug-likeness (QED) is 0.501. The Balaban J connectivity index is 2.35. The van der Waals surface area contributed by atoms with Crippen molar-refractivity contribution in [3.8, 4) is 5.75 Å². The second-order valence-electron chi connectivity index (χ2n) is 8.48. The lowest BCUT2D eigenvalue weighted by atomic mass is 9.91. The van der Waals surface area contributed by atoms with Gasteiger partial charge in [-0.2, -0.15) is 0 Å². The van der Waals surface area contributed by atoms with Crippen LogP contribution in [0.25, 0.3) is 10.9 Å². The van der Waals surface area contributed by atoms with Gasteiger partial charge in [0.15, 0.2) is 5.76 Å². The van der Waals surface area contributed by atoms with Crippen LogP contribution in [0.15, 0.2) is 44.3 Å². The average molecular weight is 456 g/mol. The number of rotatable bonds is 8. The minimum Gasteiger partial charge on any atom is -0.502 e. The highest BCUT2D eigenvalue weighted by atomic mass is 16.5. The summed E-state index contributed by atoms with van der Waals surface area (Å²) in [5.41, 5.74) is 0.795. The number of ether oxygens (including phenoxy) is 1. The molecule has 8 heteroatoms. The van der Waals surface area contributed by atoms with E-state index in [0.717, 1.165) is 22.5 Å². The Bertz CT molecular complexity index is 1290. The van der Waals surface area contributed by atoms with Crippen LogP contribution in [0, 0.1) is 12.8 Å². The lowest BCUT2D eigenvalue weighted by Gasteiger charge is -2.20. The van der Waals surface area contributed by atoms with Crippen molar-refractivity contribution in [2.24, 2.45) is 5.92 Å². The van der Waals surface area contributed by atoms with Crippen LogP contribution in [-0.4, -0.2) is 27.4 Å². The largest absolute Gasteiger partial charge is 0.502 e. The number of carbonyl (C=O) groups is 1. The molecule has 33 heavy (non-hydrogen) atoms. The molecule has 0 aliphatic carbocycles. The van der Waals surface area contributed by atoms with Crippen molar-refractivity contribution in [1.82, 2.24) is 4.57 Å². The van der Waals surface area contributed by atoms with Crippen LogP contribution in [-0.2, 0) is 22.7 Å². The fraction of sp³-hybridized carbons (Fsp3) is 0.400. The van der Waals surface area contributed by atoms with Crippen molar-refractivity contribution in [3.63, 3.8) is 0 Å². The summed E-state index contributed by atoms with van der Waals surface area (Å²) in [6.07, 6.45) is -0.326. The maximum atomic E-state index is 13.7. The van der Waals surface area contributed by atoms with Crippen LogP contribution < -0.4 is 11.0 Å². The topological polar surface area (TPSA) is 119 Å². The number of aromatic nitrogens is 1. The number of pyridine rings is 1. The van der Waals surface area contributed by atoms with Crippen LogP contribution in [0.5, 0.6) is 5.75 Å². The fourth-order valence-electron chi connectivity index (χ4n) is 3.93. The molecule has 1 atom stereocenters. The Morgan fingerprint density at radius 3 is 2.55 bits per heavy atom. The predicted octanol–water partition coefficient (Wildman–Crippen LogP) is 3.20. The number of nitrogens with zero attached hydrogens (tertiary/aromatic N) is 1. The number of aryl methyl sites for hydroxylation is 1. The maximum absolute atomic E-state index is 13.7. The van der Waals surface area contributed by atoms with Gasteiger partial charge in [0.05, 0.1) is 24.5 Å². The van der Waals surface area contributed by atoms with Crippen LogP contribution in [0.4, 0.5) is 0 Å². The van der Waals surface area contributed by atoms with Gasteiger partial charge in [0.25, 0.3) is 5.56 Å². The molecular formula is C25H29NO7. The first-order chi connectivity index (χ1) is 15.7. The van der Waals surface area contributed by atoms with E-state index in [2.05, 4.69) is 0 Å². The van der Waals surface area contributed by atoms with Crippen molar-refractivity contribution >= 4 is 16.9 Å². The summed E-state index contributed by atoms with van der Waals surface area (Å²) in [4.78, 5) is 38.4. The molecule has 176 valence electrons. The summed E-state index contributed by atoms with van der Waals surface area (Å²) < 4.78 is 12.3. The first kappa shape index (κ1) is 24.3. The molecule has 0 aliphatic heterocycles. The number of fused-ring (bicyclic) bond motifs is 1. The third kappa shape index (κ3) is 5.17. The third-order valence-corrected chi connectivity index (χ3v) is 5.35. The number of esters is 1. The average Bonchev–Trinajstić information content (AvgIpc) is 2.76. The number of benzene rings is 1. The summed E-state index contributed by atoms with van der Waals surface area (Å²) >= 11 is 0. The highest BCUT2D eigenvalue weighted by Crippen LogP contribution is 2.33. The SMILES string of the molecule is CCOC(=O)CC(c1oc(CO)cc(=O)c1O)c1cc2cc(C)ccc2n(CC(C)C)c1=O. The summed E-state index contributed by atoms with van der Waals surface area (Å²) in [6.45, 7) is 7.56. The lowest BCUT2D eigenvalue weighted by Crippen LogP contribution is -2.29. The smallest absolute Gasteiger partial charge is 0.306 e. The maximum Gasteiger partial charge on any atom is 0.306 e. The molecule has 0 spiro atoms. The number of carbonyl (C=O) groups excluding carboxylic acids is 1. The van der Waals surface area contributed by atoms with E-state index in [-0.39, 0.29) is 41.6 Å². The van der Waals surface area contributed by atoms with Gasteiger partial charge < -0.3 is 23.9 Å². The van der Waals surface area contributed by atoms with E-state index < -0.39 is 29.7 Å². The molecule has 1 unspecified atom stereocenters. The van der Waals surface area contributed by atoms with E-state index in [0.29, 0.717) is 6.54 Å². The first-order valence-electron chi connectivity index (χ1n) is 10.9. The summed E-state index contributed by atoms with van der Waals surface area (Å²) in [5.74, 6) is -2.58. The molecule has 0 amide bonds. The fourth-order valence-corrected chi connectivity index (χ4v) is 3.93. The molecular weight excluding hydrogens is 426 g/mol. The monoisotopic (exact) mass is 455 g/mol. The van der Waals surface area contributed by atoms with E-state index >= 15 is 0 Å². The van der Waals surface area contributed by atoms with Gasteiger partial charge in [-0.05, 0) is 43.4 Å². The predicted molar refractivity (Wildman–Crippen MR) is 123 cm³/mol. The zero-order chi connectivity index (χ0) is 24.3. The molecule has 2 aromatic heterocycles. The van der Waals surface area contributed by atoms with Crippen molar-refractivity contribution in [3.05, 3.63) is 73.6 Å². The van der Waals surface area contributed by atoms with E-state index in [1.807, 2.05) is 39.0 Å². The first-order valence-corrected chi connectivity index (χ1v) is 10.9. The van der Waals surface area contributed by atoms with Crippen LogP contribution in [0.1, 0.15) is 55.8 Å². The summed E-state index contributed by atoms with van der Waals surface area (Å²) in [5, 5.41) is 20.8. The van der Waals surface area contributed by atoms with Crippen molar-refractivity contribution in [2.45, 2.75) is 53.2 Å². The Morgan fingerprint density at radius 1 is 1.18 bits per heavy atom. The van der Waals surface area contributed by atoms with E-state index in [1.165, 1.54) is 0 Å². The number of hydrogen-bond donors (Lipinski definition) is 2. The molecule has 1 aromatic carbocycles. The molecule has 0 radical (unpaired) electrons. The number of aliphatic hydroxyl groups is 1. The van der Waals surface area contributed by atoms with E-state index in [9.17, 15) is 24.6 Å². The van der Waals surface area contributed by atoms with Gasteiger partial charge in [0.2, 0.25) is 11.2 Å². The van der Waals surface area contributed by atoms with Crippen molar-refractivity contribution in [1.29, 1.82) is 0 Å². The highest BCUT2D eigenvalue weighted by Gasteiger charge is 2.30. The lowest BCUT2D eigenvalue weighted by molar-refractivity contribution is -0.143. The Labute approximate surface area is 191 Å². The molecule has 8 nitrogen and oxygen atoms in total. The Kier molecular flexibility index (Phi) is 7.38. The molecule has 2 N–H and O–H groups in total. The van der Waals surface area contributed by atoms with Crippen molar-refractivity contribution in [2.75, 3.05) is 6.61 Å². The summed E-state index contributed by atoms with van der Waals surface area (Å²) in [7, 11) is 0. The Morgan fingerprint density at radius 2 is 1.91 bits per heavy atom. The van der Waals surface area contributed by atoms with Gasteiger partial charge in [0, 0.05) is 18.2 Å². The number of aromatic hydroxyl groups is 1. The standard InChI is InChI=1S/C25H29NO7/c1-5-32-22(29)11-18(24-23(30)21(28)10-17(13-27)33-24)19-9-16-8-15(4)6-7-20(16)26(25(19)31)12-14(2)3/h6-10,14,18,27,30H,5,11-13H2,1-4H3. The van der Waals surface area contributed by atoms with E-state index in [4.69, 9.17) is 9.15 Å².